The molecule has 6 heteroatoms. The molecule has 3 unspecified atom stereocenters. The molecule has 2 aromatic carbocycles. The van der Waals surface area contributed by atoms with Gasteiger partial charge in [-0.15, -0.1) is 0 Å². The van der Waals surface area contributed by atoms with E-state index in [0.29, 0.717) is 45.0 Å². The zero-order valence-corrected chi connectivity index (χ0v) is 23.7. The lowest BCUT2D eigenvalue weighted by Gasteiger charge is -2.60. The molecular formula is C34H38O6. The molecule has 3 atom stereocenters. The van der Waals surface area contributed by atoms with E-state index in [-0.39, 0.29) is 11.9 Å². The first-order chi connectivity index (χ1) is 19.4. The van der Waals surface area contributed by atoms with E-state index < -0.39 is 10.8 Å². The molecule has 6 nitrogen and oxygen atoms in total. The van der Waals surface area contributed by atoms with E-state index >= 15 is 0 Å². The molecule has 0 aromatic heterocycles. The van der Waals surface area contributed by atoms with Gasteiger partial charge in [-0.3, -0.25) is 0 Å². The van der Waals surface area contributed by atoms with Crippen molar-refractivity contribution < 1.29 is 28.5 Å². The highest BCUT2D eigenvalue weighted by molar-refractivity contribution is 5.87. The second-order valence-corrected chi connectivity index (χ2v) is 10.6. The number of methoxy groups -OCH3 is 2. The molecule has 0 saturated carbocycles. The molecule has 40 heavy (non-hydrogen) atoms. The van der Waals surface area contributed by atoms with Crippen molar-refractivity contribution in [3.8, 4) is 11.5 Å². The second-order valence-electron chi connectivity index (χ2n) is 10.6. The monoisotopic (exact) mass is 542 g/mol. The minimum Gasteiger partial charge on any atom is -0.491 e. The van der Waals surface area contributed by atoms with Crippen LogP contribution < -0.4 is 9.47 Å². The topological polar surface area (TPSA) is 63.2 Å². The van der Waals surface area contributed by atoms with E-state index in [1.165, 1.54) is 11.1 Å². The molecule has 210 valence electrons. The molecule has 1 spiro atoms. The van der Waals surface area contributed by atoms with E-state index in [1.54, 1.807) is 21.1 Å². The summed E-state index contributed by atoms with van der Waals surface area (Å²) in [4.78, 5) is 12.2. The molecule has 0 heterocycles. The van der Waals surface area contributed by atoms with Crippen LogP contribution in [-0.4, -0.2) is 53.2 Å². The van der Waals surface area contributed by atoms with Crippen molar-refractivity contribution in [2.24, 2.45) is 0 Å². The van der Waals surface area contributed by atoms with Gasteiger partial charge < -0.3 is 23.7 Å². The van der Waals surface area contributed by atoms with Crippen molar-refractivity contribution in [2.75, 3.05) is 47.3 Å². The highest BCUT2D eigenvalue weighted by atomic mass is 16.5. The van der Waals surface area contributed by atoms with Crippen LogP contribution in [0.2, 0.25) is 0 Å². The number of fused-ring (bicyclic) bond motifs is 5. The quantitative estimate of drug-likeness (QED) is 0.177. The number of hydrogen-bond acceptors (Lipinski definition) is 6. The van der Waals surface area contributed by atoms with E-state index in [4.69, 9.17) is 23.7 Å². The van der Waals surface area contributed by atoms with Gasteiger partial charge in [-0.2, -0.15) is 0 Å². The van der Waals surface area contributed by atoms with Crippen molar-refractivity contribution >= 4 is 5.97 Å². The molecular weight excluding hydrogens is 504 g/mol. The molecule has 0 saturated heterocycles. The Balaban J connectivity index is 1.71. The third-order valence-electron chi connectivity index (χ3n) is 8.43. The van der Waals surface area contributed by atoms with Gasteiger partial charge in [0.1, 0.15) is 24.7 Å². The van der Waals surface area contributed by atoms with Crippen LogP contribution in [0.3, 0.4) is 0 Å². The van der Waals surface area contributed by atoms with Gasteiger partial charge >= 0.3 is 5.97 Å². The van der Waals surface area contributed by atoms with E-state index in [0.717, 1.165) is 34.6 Å². The summed E-state index contributed by atoms with van der Waals surface area (Å²) < 4.78 is 28.9. The Morgan fingerprint density at radius 2 is 1.57 bits per heavy atom. The fourth-order valence-electron chi connectivity index (χ4n) is 7.04. The molecule has 0 bridgehead atoms. The van der Waals surface area contributed by atoms with Crippen LogP contribution in [0.4, 0.5) is 0 Å². The summed E-state index contributed by atoms with van der Waals surface area (Å²) in [7, 11) is 3.34. The summed E-state index contributed by atoms with van der Waals surface area (Å²) in [5.41, 5.74) is 5.22. The fourth-order valence-corrected chi connectivity index (χ4v) is 7.04. The molecule has 0 amide bonds. The predicted octanol–water partition coefficient (Wildman–Crippen LogP) is 5.95. The minimum atomic E-state index is -0.489. The van der Waals surface area contributed by atoms with Crippen LogP contribution >= 0.6 is 0 Å². The molecule has 3 aliphatic carbocycles. The fraction of sp³-hybridized carbons (Fsp3) is 0.382. The average Bonchev–Trinajstić information content (AvgIpc) is 3.02. The summed E-state index contributed by atoms with van der Waals surface area (Å²) in [6, 6.07) is 12.7. The van der Waals surface area contributed by atoms with Gasteiger partial charge in [0.05, 0.1) is 19.8 Å². The van der Waals surface area contributed by atoms with Crippen LogP contribution in [0.25, 0.3) is 0 Å². The number of carbonyl (C=O) groups excluding carboxylic acids is 1. The largest absolute Gasteiger partial charge is 0.491 e. The first kappa shape index (κ1) is 27.9. The Morgan fingerprint density at radius 1 is 0.900 bits per heavy atom. The highest BCUT2D eigenvalue weighted by Crippen LogP contribution is 2.78. The third-order valence-corrected chi connectivity index (χ3v) is 8.43. The van der Waals surface area contributed by atoms with Gasteiger partial charge in [0.2, 0.25) is 0 Å². The first-order valence-corrected chi connectivity index (χ1v) is 13.8. The Bertz CT molecular complexity index is 1370. The van der Waals surface area contributed by atoms with Crippen molar-refractivity contribution in [3.63, 3.8) is 0 Å². The average molecular weight is 543 g/mol. The third kappa shape index (κ3) is 4.13. The summed E-state index contributed by atoms with van der Waals surface area (Å²) in [5.74, 6) is 1.32. The lowest BCUT2D eigenvalue weighted by molar-refractivity contribution is -0.139. The number of carbonyl (C=O) groups is 1. The summed E-state index contributed by atoms with van der Waals surface area (Å²) in [5, 5.41) is 0. The number of benzene rings is 2. The maximum absolute atomic E-state index is 12.2. The lowest BCUT2D eigenvalue weighted by atomic mass is 9.40. The van der Waals surface area contributed by atoms with Crippen LogP contribution in [0.1, 0.15) is 47.9 Å². The minimum absolute atomic E-state index is 0.0515. The van der Waals surface area contributed by atoms with Crippen LogP contribution in [0, 0.1) is 0 Å². The predicted molar refractivity (Wildman–Crippen MR) is 155 cm³/mol. The van der Waals surface area contributed by atoms with Gasteiger partial charge in [0.25, 0.3) is 0 Å². The zero-order chi connectivity index (χ0) is 28.3. The number of esters is 1. The van der Waals surface area contributed by atoms with Gasteiger partial charge in [-0.05, 0) is 48.6 Å². The Kier molecular flexibility index (Phi) is 8.02. The van der Waals surface area contributed by atoms with Crippen molar-refractivity contribution in [1.82, 2.24) is 0 Å². The van der Waals surface area contributed by atoms with Crippen LogP contribution in [-0.2, 0) is 29.8 Å². The molecule has 0 aliphatic heterocycles. The standard InChI is InChI=1S/C34H38O6/c1-23(2)32(35)40-18-10-17-33-26-13-9-7-12-25(26)27-14-8-6-11-24(3)34(27,33)31-29(39-22-20-37-5)16-15-28(30(31)33)38-21-19-36-4/h6-9,11-16,27H,1,3,10,17-22H2,2,4-5H3. The number of ether oxygens (including phenoxy) is 5. The smallest absolute Gasteiger partial charge is 0.333 e. The zero-order valence-electron chi connectivity index (χ0n) is 23.7. The van der Waals surface area contributed by atoms with Crippen LogP contribution in [0.5, 0.6) is 11.5 Å². The maximum Gasteiger partial charge on any atom is 0.333 e. The first-order valence-electron chi connectivity index (χ1n) is 13.8. The van der Waals surface area contributed by atoms with E-state index in [9.17, 15) is 4.79 Å². The molecule has 5 rings (SSSR count). The van der Waals surface area contributed by atoms with Gasteiger partial charge in [-0.25, -0.2) is 4.79 Å². The number of allylic oxidation sites excluding steroid dienone is 5. The molecule has 2 aromatic rings. The Morgan fingerprint density at radius 3 is 2.25 bits per heavy atom. The van der Waals surface area contributed by atoms with Gasteiger partial charge in [-0.1, -0.05) is 61.7 Å². The van der Waals surface area contributed by atoms with Gasteiger partial charge in [0.15, 0.2) is 0 Å². The van der Waals surface area contributed by atoms with Crippen LogP contribution in [0.15, 0.2) is 85.0 Å². The SMILES string of the molecule is C=C(C)C(=O)OCCCC12c3ccccc3C3C=CC=CC(=C)C31c1c(OCCOC)ccc(OCCOC)c12. The molecule has 0 N–H and O–H groups in total. The molecule has 0 fully saturated rings. The molecule has 0 radical (unpaired) electrons. The lowest BCUT2D eigenvalue weighted by Crippen LogP contribution is -2.59. The number of rotatable bonds is 13. The Hall–Kier alpha value is -3.61. The second kappa shape index (κ2) is 11.5. The Labute approximate surface area is 236 Å². The summed E-state index contributed by atoms with van der Waals surface area (Å²) in [6.07, 6.45) is 10.00. The van der Waals surface area contributed by atoms with Crippen molar-refractivity contribution in [2.45, 2.75) is 36.5 Å². The normalized spacial score (nSPS) is 23.3. The summed E-state index contributed by atoms with van der Waals surface area (Å²) in [6.45, 7) is 12.2. The number of hydrogen-bond donors (Lipinski definition) is 0. The van der Waals surface area contributed by atoms with Crippen molar-refractivity contribution in [3.05, 3.63) is 107 Å². The summed E-state index contributed by atoms with van der Waals surface area (Å²) >= 11 is 0. The van der Waals surface area contributed by atoms with Gasteiger partial charge in [0, 0.05) is 47.7 Å². The maximum atomic E-state index is 12.2. The van der Waals surface area contributed by atoms with E-state index in [1.807, 2.05) is 12.1 Å². The molecule has 3 aliphatic rings. The van der Waals surface area contributed by atoms with Crippen molar-refractivity contribution in [1.29, 1.82) is 0 Å². The van der Waals surface area contributed by atoms with E-state index in [2.05, 4.69) is 61.7 Å². The highest BCUT2D eigenvalue weighted by Gasteiger charge is 2.73.